The number of thiophene rings is 1. The summed E-state index contributed by atoms with van der Waals surface area (Å²) in [6, 6.07) is 8.54. The fourth-order valence-corrected chi connectivity index (χ4v) is 4.63. The Bertz CT molecular complexity index is 1090. The number of carbonyl (C=O) groups excluding carboxylic acids is 1. The zero-order valence-electron chi connectivity index (χ0n) is 14.1. The van der Waals surface area contributed by atoms with Gasteiger partial charge in [0.25, 0.3) is 0 Å². The van der Waals surface area contributed by atoms with Gasteiger partial charge in [0.2, 0.25) is 5.91 Å². The molecule has 1 atom stereocenters. The van der Waals surface area contributed by atoms with E-state index in [1.165, 1.54) is 30.3 Å². The summed E-state index contributed by atoms with van der Waals surface area (Å²) in [4.78, 5) is 24.4. The van der Waals surface area contributed by atoms with Crippen LogP contribution in [0.1, 0.15) is 32.5 Å². The van der Waals surface area contributed by atoms with Gasteiger partial charge in [-0.2, -0.15) is 0 Å². The van der Waals surface area contributed by atoms with Gasteiger partial charge >= 0.3 is 5.97 Å². The third-order valence-electron chi connectivity index (χ3n) is 4.58. The molecule has 1 unspecified atom stereocenters. The van der Waals surface area contributed by atoms with E-state index >= 15 is 0 Å². The first-order valence-corrected chi connectivity index (χ1v) is 9.08. The normalized spacial score (nSPS) is 15.8. The van der Waals surface area contributed by atoms with Crippen LogP contribution in [-0.4, -0.2) is 17.0 Å². The van der Waals surface area contributed by atoms with Crippen LogP contribution in [0, 0.1) is 17.5 Å². The first-order valence-electron chi connectivity index (χ1n) is 8.26. The summed E-state index contributed by atoms with van der Waals surface area (Å²) in [7, 11) is 0. The Morgan fingerprint density at radius 2 is 1.71 bits per heavy atom. The summed E-state index contributed by atoms with van der Waals surface area (Å²) in [5.74, 6) is -4.81. The van der Waals surface area contributed by atoms with E-state index in [4.69, 9.17) is 0 Å². The molecule has 2 N–H and O–H groups in total. The third-order valence-corrected chi connectivity index (χ3v) is 5.87. The summed E-state index contributed by atoms with van der Waals surface area (Å²) in [5, 5.41) is 12.3. The Morgan fingerprint density at radius 1 is 1.07 bits per heavy atom. The molecular weight excluding hydrogens is 391 g/mol. The van der Waals surface area contributed by atoms with E-state index in [-0.39, 0.29) is 28.1 Å². The summed E-state index contributed by atoms with van der Waals surface area (Å²) in [6.07, 6.45) is -0.215. The lowest BCUT2D eigenvalue weighted by atomic mass is 9.88. The Kier molecular flexibility index (Phi) is 4.43. The van der Waals surface area contributed by atoms with Crippen molar-refractivity contribution in [1.29, 1.82) is 0 Å². The molecule has 0 spiro atoms. The van der Waals surface area contributed by atoms with Crippen LogP contribution in [0.4, 0.5) is 18.9 Å². The van der Waals surface area contributed by atoms with Crippen LogP contribution in [0.5, 0.6) is 0 Å². The van der Waals surface area contributed by atoms with Crippen LogP contribution >= 0.6 is 11.3 Å². The molecule has 4 nitrogen and oxygen atoms in total. The summed E-state index contributed by atoms with van der Waals surface area (Å²) < 4.78 is 42.0. The van der Waals surface area contributed by atoms with Gasteiger partial charge in [0, 0.05) is 28.3 Å². The second kappa shape index (κ2) is 6.79. The van der Waals surface area contributed by atoms with E-state index in [1.807, 2.05) is 0 Å². The number of carboxylic acids is 1. The van der Waals surface area contributed by atoms with Crippen molar-refractivity contribution in [3.63, 3.8) is 0 Å². The van der Waals surface area contributed by atoms with Gasteiger partial charge < -0.3 is 10.4 Å². The number of hydrogen-bond donors (Lipinski definition) is 2. The fourth-order valence-electron chi connectivity index (χ4n) is 3.41. The molecule has 0 radical (unpaired) electrons. The molecule has 4 rings (SSSR count). The number of aromatic carboxylic acids is 1. The zero-order chi connectivity index (χ0) is 20.0. The van der Waals surface area contributed by atoms with E-state index in [0.29, 0.717) is 10.4 Å². The molecule has 142 valence electrons. The lowest BCUT2D eigenvalue weighted by Gasteiger charge is -2.24. The number of hydrogen-bond acceptors (Lipinski definition) is 3. The van der Waals surface area contributed by atoms with Crippen molar-refractivity contribution in [2.45, 2.75) is 12.3 Å². The number of nitrogens with one attached hydrogen (secondary N) is 1. The second-order valence-electron chi connectivity index (χ2n) is 6.30. The highest BCUT2D eigenvalue weighted by atomic mass is 32.1. The quantitative estimate of drug-likeness (QED) is 0.647. The van der Waals surface area contributed by atoms with Gasteiger partial charge in [-0.05, 0) is 29.8 Å². The van der Waals surface area contributed by atoms with Crippen molar-refractivity contribution in [3.05, 3.63) is 75.2 Å². The maximum atomic E-state index is 14.4. The van der Waals surface area contributed by atoms with Gasteiger partial charge in [0.05, 0.1) is 5.69 Å². The summed E-state index contributed by atoms with van der Waals surface area (Å²) >= 11 is 0.850. The summed E-state index contributed by atoms with van der Waals surface area (Å²) in [5.41, 5.74) is 0.494. The van der Waals surface area contributed by atoms with Gasteiger partial charge in [0.15, 0.2) is 0 Å². The first kappa shape index (κ1) is 18.2. The number of rotatable bonds is 3. The Labute approximate surface area is 161 Å². The molecule has 2 aromatic carbocycles. The molecule has 28 heavy (non-hydrogen) atoms. The smallest absolute Gasteiger partial charge is 0.346 e. The molecule has 0 saturated heterocycles. The number of benzene rings is 2. The number of carboxylic acid groups (broad SMARTS) is 1. The van der Waals surface area contributed by atoms with Gasteiger partial charge in [-0.3, -0.25) is 4.79 Å². The number of fused-ring (bicyclic) bond motifs is 1. The minimum absolute atomic E-state index is 0.0967. The molecule has 8 heteroatoms. The number of halogens is 3. The van der Waals surface area contributed by atoms with Crippen LogP contribution in [0.15, 0.2) is 42.5 Å². The fraction of sp³-hybridized carbons (Fsp3) is 0.100. The molecule has 2 heterocycles. The van der Waals surface area contributed by atoms with Crippen LogP contribution in [0.2, 0.25) is 0 Å². The Hall–Kier alpha value is -3.13. The highest BCUT2D eigenvalue weighted by molar-refractivity contribution is 7.15. The van der Waals surface area contributed by atoms with Crippen molar-refractivity contribution in [2.75, 3.05) is 5.32 Å². The molecular formula is C20H12F3NO3S. The number of anilines is 1. The van der Waals surface area contributed by atoms with Crippen LogP contribution in [-0.2, 0) is 4.79 Å². The molecule has 0 bridgehead atoms. The molecule has 1 amide bonds. The maximum Gasteiger partial charge on any atom is 0.346 e. The van der Waals surface area contributed by atoms with Gasteiger partial charge in [-0.15, -0.1) is 11.3 Å². The largest absolute Gasteiger partial charge is 0.477 e. The van der Waals surface area contributed by atoms with Gasteiger partial charge in [-0.1, -0.05) is 18.2 Å². The minimum Gasteiger partial charge on any atom is -0.477 e. The van der Waals surface area contributed by atoms with Gasteiger partial charge in [-0.25, -0.2) is 18.0 Å². The summed E-state index contributed by atoms with van der Waals surface area (Å²) in [6.45, 7) is 0. The minimum atomic E-state index is -1.25. The molecule has 0 aliphatic carbocycles. The monoisotopic (exact) mass is 403 g/mol. The highest BCUT2D eigenvalue weighted by Gasteiger charge is 2.36. The van der Waals surface area contributed by atoms with E-state index in [2.05, 4.69) is 5.32 Å². The zero-order valence-corrected chi connectivity index (χ0v) is 14.9. The molecule has 1 aliphatic heterocycles. The lowest BCUT2D eigenvalue weighted by Crippen LogP contribution is -2.23. The van der Waals surface area contributed by atoms with Crippen LogP contribution in [0.3, 0.4) is 0 Å². The van der Waals surface area contributed by atoms with E-state index in [1.54, 1.807) is 0 Å². The van der Waals surface area contributed by atoms with Crippen molar-refractivity contribution in [1.82, 2.24) is 0 Å². The predicted octanol–water partition coefficient (Wildman–Crippen LogP) is 5.00. The van der Waals surface area contributed by atoms with E-state index in [0.717, 1.165) is 23.5 Å². The number of carbonyl (C=O) groups is 2. The van der Waals surface area contributed by atoms with Crippen molar-refractivity contribution < 1.29 is 27.9 Å². The van der Waals surface area contributed by atoms with Crippen molar-refractivity contribution in [2.24, 2.45) is 0 Å². The Morgan fingerprint density at radius 3 is 2.32 bits per heavy atom. The number of amides is 1. The highest BCUT2D eigenvalue weighted by Crippen LogP contribution is 2.50. The maximum absolute atomic E-state index is 14.4. The SMILES string of the molecule is O=C1CC(c2c(F)cccc2F)c2sc(C(=O)O)c(-c3ccc(F)cc3)c2N1. The topological polar surface area (TPSA) is 66.4 Å². The Balaban J connectivity index is 1.98. The van der Waals surface area contributed by atoms with Crippen LogP contribution in [0.25, 0.3) is 11.1 Å². The van der Waals surface area contributed by atoms with Crippen molar-refractivity contribution >= 4 is 28.9 Å². The van der Waals surface area contributed by atoms with Crippen LogP contribution < -0.4 is 5.32 Å². The average molecular weight is 403 g/mol. The predicted molar refractivity (Wildman–Crippen MR) is 98.1 cm³/mol. The second-order valence-corrected chi connectivity index (χ2v) is 7.35. The molecule has 1 aliphatic rings. The molecule has 1 aromatic heterocycles. The lowest BCUT2D eigenvalue weighted by molar-refractivity contribution is -0.116. The first-order chi connectivity index (χ1) is 13.4. The molecule has 0 saturated carbocycles. The van der Waals surface area contributed by atoms with Crippen molar-refractivity contribution in [3.8, 4) is 11.1 Å². The van der Waals surface area contributed by atoms with E-state index < -0.39 is 35.2 Å². The van der Waals surface area contributed by atoms with E-state index in [9.17, 15) is 27.9 Å². The molecule has 0 fully saturated rings. The molecule has 3 aromatic rings. The average Bonchev–Trinajstić information content (AvgIpc) is 3.02. The third kappa shape index (κ3) is 2.95. The van der Waals surface area contributed by atoms with Gasteiger partial charge in [0.1, 0.15) is 22.3 Å². The standard InChI is InChI=1S/C20H12F3NO3S/c21-10-6-4-9(5-7-10)15-17-18(28-19(15)20(26)27)11(8-14(25)24-17)16-12(22)2-1-3-13(16)23/h1-7,11H,8H2,(H,24,25)(H,26,27).